The van der Waals surface area contributed by atoms with Gasteiger partial charge in [-0.1, -0.05) is 0 Å². The number of methoxy groups -OCH3 is 1. The van der Waals surface area contributed by atoms with Crippen molar-refractivity contribution >= 4 is 33.3 Å². The number of carbonyl (C=O) groups excluding carboxylic acids is 1. The summed E-state index contributed by atoms with van der Waals surface area (Å²) in [5.41, 5.74) is 9.32. The number of rotatable bonds is 6. The van der Waals surface area contributed by atoms with Crippen LogP contribution < -0.4 is 20.9 Å². The molecular formula is C20H25N5O2S. The van der Waals surface area contributed by atoms with Crippen LogP contribution in [0.5, 0.6) is 5.75 Å². The third-order valence-corrected chi connectivity index (χ3v) is 6.20. The number of anilines is 1. The van der Waals surface area contributed by atoms with Crippen molar-refractivity contribution in [3.05, 3.63) is 29.8 Å². The Morgan fingerprint density at radius 1 is 1.29 bits per heavy atom. The normalized spacial score (nSPS) is 21.9. The molecule has 1 saturated heterocycles. The Balaban J connectivity index is 1.42. The Morgan fingerprint density at radius 2 is 2.07 bits per heavy atom. The molecule has 3 heterocycles. The lowest BCUT2D eigenvalue weighted by Crippen LogP contribution is -2.30. The Bertz CT molecular complexity index is 972. The molecule has 1 fully saturated rings. The van der Waals surface area contributed by atoms with E-state index in [1.165, 1.54) is 11.3 Å². The van der Waals surface area contributed by atoms with E-state index in [1.807, 2.05) is 29.8 Å². The van der Waals surface area contributed by atoms with Gasteiger partial charge in [-0.2, -0.15) is 0 Å². The number of thiazole rings is 1. The highest BCUT2D eigenvalue weighted by atomic mass is 32.1. The maximum Gasteiger partial charge on any atom is 0.226 e. The van der Waals surface area contributed by atoms with Gasteiger partial charge in [-0.05, 0) is 44.4 Å². The number of carbonyl (C=O) groups is 1. The van der Waals surface area contributed by atoms with Crippen LogP contribution in [0.4, 0.5) is 5.13 Å². The number of hydrogen-bond donors (Lipinski definition) is 4. The second-order valence-electron chi connectivity index (χ2n) is 7.27. The van der Waals surface area contributed by atoms with Crippen molar-refractivity contribution < 1.29 is 9.53 Å². The van der Waals surface area contributed by atoms with Crippen LogP contribution in [-0.2, 0) is 4.79 Å². The summed E-state index contributed by atoms with van der Waals surface area (Å²) in [5, 5.41) is 6.58. The number of fused-ring (bicyclic) bond motifs is 1. The lowest BCUT2D eigenvalue weighted by molar-refractivity contribution is -0.116. The molecule has 1 amide bonds. The van der Waals surface area contributed by atoms with Crippen molar-refractivity contribution in [3.63, 3.8) is 0 Å². The Hall–Kier alpha value is -2.42. The third kappa shape index (κ3) is 3.76. The fraction of sp³-hybridized carbons (Fsp3) is 0.400. The number of nitrogens with zero attached hydrogens (tertiary/aromatic N) is 1. The lowest BCUT2D eigenvalue weighted by atomic mass is 9.91. The highest BCUT2D eigenvalue weighted by Gasteiger charge is 2.29. The number of hydrogen-bond acceptors (Lipinski definition) is 6. The molecule has 0 aliphatic carbocycles. The van der Waals surface area contributed by atoms with Crippen molar-refractivity contribution in [2.24, 2.45) is 5.92 Å². The number of aromatic nitrogens is 2. The van der Waals surface area contributed by atoms with Gasteiger partial charge < -0.3 is 15.0 Å². The molecule has 4 N–H and O–H groups in total. The predicted octanol–water partition coefficient (Wildman–Crippen LogP) is 3.52. The third-order valence-electron chi connectivity index (χ3n) is 5.44. The van der Waals surface area contributed by atoms with Gasteiger partial charge >= 0.3 is 0 Å². The zero-order valence-electron chi connectivity index (χ0n) is 16.2. The minimum atomic E-state index is 0.00722. The molecular weight excluding hydrogens is 374 g/mol. The fourth-order valence-corrected chi connectivity index (χ4v) is 4.51. The number of nitrogens with one attached hydrogen (secondary N) is 4. The number of H-pyrrole nitrogens is 1. The molecule has 0 spiro atoms. The maximum atomic E-state index is 12.4. The first-order valence-electron chi connectivity index (χ1n) is 9.47. The molecule has 1 aromatic carbocycles. The molecule has 0 radical (unpaired) electrons. The number of aromatic amines is 1. The second-order valence-corrected chi connectivity index (χ2v) is 8.13. The number of ether oxygens (including phenoxy) is 1. The minimum absolute atomic E-state index is 0.00722. The van der Waals surface area contributed by atoms with E-state index in [0.717, 1.165) is 34.3 Å². The quantitative estimate of drug-likeness (QED) is 0.509. The molecule has 8 heteroatoms. The molecule has 28 heavy (non-hydrogen) atoms. The highest BCUT2D eigenvalue weighted by molar-refractivity contribution is 7.14. The van der Waals surface area contributed by atoms with E-state index < -0.39 is 0 Å². The Kier molecular flexibility index (Phi) is 5.34. The molecule has 0 saturated carbocycles. The zero-order chi connectivity index (χ0) is 19.7. The van der Waals surface area contributed by atoms with E-state index >= 15 is 0 Å². The summed E-state index contributed by atoms with van der Waals surface area (Å²) in [6.45, 7) is 4.28. The van der Waals surface area contributed by atoms with E-state index in [9.17, 15) is 4.79 Å². The van der Waals surface area contributed by atoms with E-state index in [4.69, 9.17) is 4.74 Å². The van der Waals surface area contributed by atoms with Crippen molar-refractivity contribution in [3.8, 4) is 17.0 Å². The second kappa shape index (κ2) is 7.90. The van der Waals surface area contributed by atoms with Gasteiger partial charge in [-0.25, -0.2) is 4.98 Å². The van der Waals surface area contributed by atoms with E-state index in [1.54, 1.807) is 7.11 Å². The molecule has 4 rings (SSSR count). The fourth-order valence-electron chi connectivity index (χ4n) is 3.78. The van der Waals surface area contributed by atoms with Crippen LogP contribution in [0, 0.1) is 5.92 Å². The van der Waals surface area contributed by atoms with Gasteiger partial charge in [-0.15, -0.1) is 11.3 Å². The molecule has 148 valence electrons. The predicted molar refractivity (Wildman–Crippen MR) is 113 cm³/mol. The van der Waals surface area contributed by atoms with Gasteiger partial charge in [0.1, 0.15) is 5.75 Å². The molecule has 3 aromatic rings. The van der Waals surface area contributed by atoms with Gasteiger partial charge in [0, 0.05) is 46.5 Å². The number of amides is 1. The van der Waals surface area contributed by atoms with Gasteiger partial charge in [0.2, 0.25) is 5.91 Å². The van der Waals surface area contributed by atoms with Crippen LogP contribution >= 0.6 is 11.3 Å². The Labute approximate surface area is 167 Å². The van der Waals surface area contributed by atoms with E-state index in [2.05, 4.69) is 40.0 Å². The monoisotopic (exact) mass is 399 g/mol. The summed E-state index contributed by atoms with van der Waals surface area (Å²) in [7, 11) is 1.66. The van der Waals surface area contributed by atoms with Crippen LogP contribution in [0.1, 0.15) is 26.7 Å². The van der Waals surface area contributed by atoms with Gasteiger partial charge in [0.25, 0.3) is 0 Å². The summed E-state index contributed by atoms with van der Waals surface area (Å²) in [6.07, 6.45) is 3.27. The first kappa shape index (κ1) is 18.9. The molecule has 2 atom stereocenters. The van der Waals surface area contributed by atoms with Crippen molar-refractivity contribution in [2.45, 2.75) is 38.8 Å². The van der Waals surface area contributed by atoms with Crippen LogP contribution in [-0.4, -0.2) is 35.1 Å². The van der Waals surface area contributed by atoms with Crippen LogP contribution in [0.25, 0.3) is 22.2 Å². The molecule has 2 unspecified atom stereocenters. The smallest absolute Gasteiger partial charge is 0.226 e. The first-order chi connectivity index (χ1) is 13.5. The molecule has 1 aliphatic heterocycles. The Morgan fingerprint density at radius 3 is 2.82 bits per heavy atom. The molecule has 1 aliphatic rings. The summed E-state index contributed by atoms with van der Waals surface area (Å²) < 4.78 is 5.33. The number of hydrazine groups is 1. The standard InChI is InChI=1S/C20H25N5O2S/c1-11-14(12(2)25-24-11)5-7-19(26)23-20-22-18(10-28-20)16-9-21-17-6-4-13(27-3)8-15(16)17/h4,6,8-12,14,21,24-25H,5,7H2,1-3H3,(H,22,23,26). The molecule has 7 nitrogen and oxygen atoms in total. The van der Waals surface area contributed by atoms with Crippen LogP contribution in [0.2, 0.25) is 0 Å². The van der Waals surface area contributed by atoms with Crippen molar-refractivity contribution in [2.75, 3.05) is 12.4 Å². The van der Waals surface area contributed by atoms with E-state index in [0.29, 0.717) is 29.6 Å². The van der Waals surface area contributed by atoms with Gasteiger partial charge in [-0.3, -0.25) is 15.6 Å². The largest absolute Gasteiger partial charge is 0.497 e. The summed E-state index contributed by atoms with van der Waals surface area (Å²) in [6, 6.07) is 6.64. The lowest BCUT2D eigenvalue weighted by Gasteiger charge is -2.16. The average Bonchev–Trinajstić information content (AvgIpc) is 3.39. The summed E-state index contributed by atoms with van der Waals surface area (Å²) >= 11 is 1.44. The molecule has 2 aromatic heterocycles. The average molecular weight is 400 g/mol. The summed E-state index contributed by atoms with van der Waals surface area (Å²) in [5.74, 6) is 1.25. The van der Waals surface area contributed by atoms with E-state index in [-0.39, 0.29) is 5.91 Å². The van der Waals surface area contributed by atoms with Crippen molar-refractivity contribution in [1.82, 2.24) is 20.8 Å². The highest BCUT2D eigenvalue weighted by Crippen LogP contribution is 2.33. The minimum Gasteiger partial charge on any atom is -0.497 e. The SMILES string of the molecule is COc1ccc2[nH]cc(-c3csc(NC(=O)CCC4C(C)NNC4C)n3)c2c1. The van der Waals surface area contributed by atoms with Gasteiger partial charge in [0.05, 0.1) is 12.8 Å². The maximum absolute atomic E-state index is 12.4. The first-order valence-corrected chi connectivity index (χ1v) is 10.3. The van der Waals surface area contributed by atoms with Crippen LogP contribution in [0.3, 0.4) is 0 Å². The summed E-state index contributed by atoms with van der Waals surface area (Å²) in [4.78, 5) is 20.2. The zero-order valence-corrected chi connectivity index (χ0v) is 17.0. The van der Waals surface area contributed by atoms with Crippen molar-refractivity contribution in [1.29, 1.82) is 0 Å². The number of benzene rings is 1. The van der Waals surface area contributed by atoms with Crippen LogP contribution in [0.15, 0.2) is 29.8 Å². The van der Waals surface area contributed by atoms with Gasteiger partial charge in [0.15, 0.2) is 5.13 Å². The molecule has 0 bridgehead atoms. The topological polar surface area (TPSA) is 91.1 Å².